The third kappa shape index (κ3) is 2.71. The molecule has 1 aromatic carbocycles. The van der Waals surface area contributed by atoms with Crippen LogP contribution in [0.15, 0.2) is 30.3 Å². The van der Waals surface area contributed by atoms with Crippen LogP contribution in [0.25, 0.3) is 0 Å². The molecule has 0 bridgehead atoms. The predicted molar refractivity (Wildman–Crippen MR) is 31.2 cm³/mol. The molecular formula is C7H5OZr. The Bertz CT molecular complexity index is 172. The molecule has 2 heteroatoms. The van der Waals surface area contributed by atoms with Gasteiger partial charge in [-0.2, -0.15) is 0 Å². The van der Waals surface area contributed by atoms with Gasteiger partial charge in [0.25, 0.3) is 0 Å². The van der Waals surface area contributed by atoms with E-state index in [1.54, 1.807) is 30.6 Å². The van der Waals surface area contributed by atoms with Crippen molar-refractivity contribution >= 4 is 6.29 Å². The Labute approximate surface area is 73.2 Å². The molecule has 0 aliphatic heterocycles. The van der Waals surface area contributed by atoms with Gasteiger partial charge in [-0.3, -0.25) is 4.79 Å². The van der Waals surface area contributed by atoms with Gasteiger partial charge in [0.15, 0.2) is 0 Å². The molecule has 0 N–H and O–H groups in total. The van der Waals surface area contributed by atoms with Crippen LogP contribution in [0.3, 0.4) is 0 Å². The third-order valence-corrected chi connectivity index (χ3v) is 0.892. The summed E-state index contributed by atoms with van der Waals surface area (Å²) in [6, 6.07) is 8.90. The van der Waals surface area contributed by atoms with Gasteiger partial charge >= 0.3 is 0 Å². The largest absolute Gasteiger partial charge is 0.285 e. The topological polar surface area (TPSA) is 17.1 Å². The third-order valence-electron chi connectivity index (χ3n) is 0.892. The first-order valence-electron chi connectivity index (χ1n) is 2.36. The smallest absolute Gasteiger partial charge is 0.233 e. The molecule has 0 saturated carbocycles. The first-order valence-corrected chi connectivity index (χ1v) is 2.36. The van der Waals surface area contributed by atoms with Gasteiger partial charge in [0.2, 0.25) is 6.29 Å². The van der Waals surface area contributed by atoms with Crippen LogP contribution in [0.5, 0.6) is 0 Å². The molecule has 0 amide bonds. The predicted octanol–water partition coefficient (Wildman–Crippen LogP) is 1.14. The standard InChI is InChI=1S/C7H5O.Zr/c8-6-7-4-2-1-3-5-7;/h1-5H;. The average Bonchev–Trinajstić information content (AvgIpc) is 1.90. The van der Waals surface area contributed by atoms with Crippen molar-refractivity contribution in [3.05, 3.63) is 35.9 Å². The fourth-order valence-corrected chi connectivity index (χ4v) is 0.506. The maximum Gasteiger partial charge on any atom is 0.233 e. The Morgan fingerprint density at radius 1 is 1.11 bits per heavy atom. The van der Waals surface area contributed by atoms with E-state index < -0.39 is 0 Å². The fraction of sp³-hybridized carbons (Fsp3) is 0. The number of rotatable bonds is 1. The summed E-state index contributed by atoms with van der Waals surface area (Å²) in [5.41, 5.74) is 0.604. The van der Waals surface area contributed by atoms with Crippen LogP contribution in [0.1, 0.15) is 5.56 Å². The minimum atomic E-state index is 0. The first kappa shape index (κ1) is 8.77. The van der Waals surface area contributed by atoms with Gasteiger partial charge < -0.3 is 0 Å². The van der Waals surface area contributed by atoms with E-state index in [0.29, 0.717) is 5.56 Å². The molecule has 0 unspecified atom stereocenters. The van der Waals surface area contributed by atoms with E-state index in [2.05, 4.69) is 0 Å². The van der Waals surface area contributed by atoms with Crippen molar-refractivity contribution in [1.29, 1.82) is 0 Å². The Kier molecular flexibility index (Phi) is 4.52. The Hall–Kier alpha value is -0.227. The zero-order chi connectivity index (χ0) is 5.82. The second-order valence-electron chi connectivity index (χ2n) is 1.47. The molecule has 1 nitrogen and oxygen atoms in total. The van der Waals surface area contributed by atoms with Crippen LogP contribution in [-0.4, -0.2) is 6.29 Å². The Balaban J connectivity index is 0.000000640. The zero-order valence-corrected chi connectivity index (χ0v) is 7.25. The van der Waals surface area contributed by atoms with Gasteiger partial charge in [-0.05, 0) is 0 Å². The van der Waals surface area contributed by atoms with Crippen molar-refractivity contribution in [3.63, 3.8) is 0 Å². The summed E-state index contributed by atoms with van der Waals surface area (Å²) in [6.45, 7) is 0. The van der Waals surface area contributed by atoms with Crippen LogP contribution < -0.4 is 0 Å². The monoisotopic (exact) mass is 195 g/mol. The Morgan fingerprint density at radius 3 is 2.00 bits per heavy atom. The van der Waals surface area contributed by atoms with Crippen molar-refractivity contribution in [2.45, 2.75) is 0 Å². The van der Waals surface area contributed by atoms with Crippen LogP contribution in [0.2, 0.25) is 0 Å². The van der Waals surface area contributed by atoms with Gasteiger partial charge in [0.05, 0.1) is 0 Å². The summed E-state index contributed by atoms with van der Waals surface area (Å²) >= 11 is 0. The molecule has 0 aliphatic carbocycles. The summed E-state index contributed by atoms with van der Waals surface area (Å²) in [4.78, 5) is 9.88. The van der Waals surface area contributed by atoms with E-state index in [4.69, 9.17) is 0 Å². The second kappa shape index (κ2) is 4.63. The van der Waals surface area contributed by atoms with Crippen molar-refractivity contribution in [1.82, 2.24) is 0 Å². The van der Waals surface area contributed by atoms with Gasteiger partial charge in [-0.25, -0.2) is 0 Å². The molecule has 0 fully saturated rings. The van der Waals surface area contributed by atoms with Crippen LogP contribution in [0.4, 0.5) is 0 Å². The fourth-order valence-electron chi connectivity index (χ4n) is 0.506. The van der Waals surface area contributed by atoms with Gasteiger partial charge in [0.1, 0.15) is 0 Å². The van der Waals surface area contributed by atoms with Crippen LogP contribution in [-0.2, 0) is 31.0 Å². The minimum absolute atomic E-state index is 0. The van der Waals surface area contributed by atoms with E-state index in [-0.39, 0.29) is 26.2 Å². The van der Waals surface area contributed by atoms with E-state index in [1.807, 2.05) is 6.07 Å². The first-order chi connectivity index (χ1) is 3.93. The maximum absolute atomic E-state index is 9.88. The molecule has 0 atom stereocenters. The number of benzene rings is 1. The molecule has 1 rings (SSSR count). The molecule has 9 heavy (non-hydrogen) atoms. The molecule has 0 aromatic heterocycles. The van der Waals surface area contributed by atoms with Gasteiger partial charge in [0, 0.05) is 31.8 Å². The van der Waals surface area contributed by atoms with E-state index in [1.165, 1.54) is 0 Å². The summed E-state index contributed by atoms with van der Waals surface area (Å²) in [5, 5.41) is 0. The van der Waals surface area contributed by atoms with Crippen LogP contribution in [0, 0.1) is 0 Å². The summed E-state index contributed by atoms with van der Waals surface area (Å²) < 4.78 is 0. The van der Waals surface area contributed by atoms with E-state index in [0.717, 1.165) is 0 Å². The number of carbonyl (C=O) groups excluding carboxylic acids is 1. The van der Waals surface area contributed by atoms with Gasteiger partial charge in [-0.15, -0.1) is 0 Å². The van der Waals surface area contributed by atoms with Crippen molar-refractivity contribution in [2.24, 2.45) is 0 Å². The molecule has 1 aromatic rings. The quantitative estimate of drug-likeness (QED) is 0.658. The van der Waals surface area contributed by atoms with Crippen molar-refractivity contribution in [3.8, 4) is 0 Å². The maximum atomic E-state index is 9.88. The molecule has 1 radical (unpaired) electrons. The zero-order valence-electron chi connectivity index (χ0n) is 4.79. The molecule has 0 spiro atoms. The summed E-state index contributed by atoms with van der Waals surface area (Å²) in [5.74, 6) is 0. The normalized spacial score (nSPS) is 7.56. The summed E-state index contributed by atoms with van der Waals surface area (Å²) in [6.07, 6.45) is 1.78. The van der Waals surface area contributed by atoms with E-state index >= 15 is 0 Å². The van der Waals surface area contributed by atoms with Crippen molar-refractivity contribution < 1.29 is 31.0 Å². The number of hydrogen-bond donors (Lipinski definition) is 0. The second-order valence-corrected chi connectivity index (χ2v) is 1.47. The molecule has 0 saturated heterocycles. The van der Waals surface area contributed by atoms with E-state index in [9.17, 15) is 4.79 Å². The SMILES string of the molecule is O=[C]c1ccccc1.[Zr]. The molecule has 43 valence electrons. The molecular weight excluding hydrogens is 191 g/mol. The van der Waals surface area contributed by atoms with Gasteiger partial charge in [-0.1, -0.05) is 30.3 Å². The molecule has 0 heterocycles. The Morgan fingerprint density at radius 2 is 1.67 bits per heavy atom. The molecule has 0 aliphatic rings. The average molecular weight is 196 g/mol. The van der Waals surface area contributed by atoms with Crippen molar-refractivity contribution in [2.75, 3.05) is 0 Å². The summed E-state index contributed by atoms with van der Waals surface area (Å²) in [7, 11) is 0. The minimum Gasteiger partial charge on any atom is -0.285 e. The van der Waals surface area contributed by atoms with Crippen LogP contribution >= 0.6 is 0 Å². The number of hydrogen-bond acceptors (Lipinski definition) is 1.